The van der Waals surface area contributed by atoms with Crippen molar-refractivity contribution in [2.75, 3.05) is 0 Å². The van der Waals surface area contributed by atoms with Crippen molar-refractivity contribution in [3.05, 3.63) is 142 Å². The lowest BCUT2D eigenvalue weighted by Crippen LogP contribution is -2.01. The average molecular weight is 401 g/mol. The molecule has 0 saturated carbocycles. The van der Waals surface area contributed by atoms with E-state index < -0.39 is 0 Å². The number of aryl methyl sites for hydroxylation is 1. The minimum Gasteiger partial charge on any atom is -0.0908 e. The molecular weight excluding hydrogens is 372 g/mol. The van der Waals surface area contributed by atoms with Gasteiger partial charge in [-0.2, -0.15) is 0 Å². The normalized spacial score (nSPS) is 17.4. The molecule has 0 aliphatic heterocycles. The van der Waals surface area contributed by atoms with E-state index in [2.05, 4.69) is 111 Å². The minimum absolute atomic E-state index is 0.411. The molecule has 0 amide bonds. The van der Waals surface area contributed by atoms with E-state index >= 15 is 0 Å². The summed E-state index contributed by atoms with van der Waals surface area (Å²) in [5, 5.41) is 0. The minimum atomic E-state index is 0.411. The maximum absolute atomic E-state index is 4.59. The fraction of sp³-hybridized carbons (Fsp3) is 0.161. The van der Waals surface area contributed by atoms with Gasteiger partial charge in [-0.25, -0.2) is 0 Å². The molecule has 3 aromatic carbocycles. The van der Waals surface area contributed by atoms with Crippen LogP contribution in [0.2, 0.25) is 0 Å². The van der Waals surface area contributed by atoms with E-state index in [9.17, 15) is 0 Å². The summed E-state index contributed by atoms with van der Waals surface area (Å²) < 4.78 is 0. The molecule has 1 atom stereocenters. The lowest BCUT2D eigenvalue weighted by atomic mass is 9.89. The summed E-state index contributed by atoms with van der Waals surface area (Å²) in [4.78, 5) is 0. The number of hydrogen-bond donors (Lipinski definition) is 0. The van der Waals surface area contributed by atoms with Gasteiger partial charge in [-0.1, -0.05) is 109 Å². The van der Waals surface area contributed by atoms with Crippen LogP contribution in [-0.4, -0.2) is 0 Å². The van der Waals surface area contributed by atoms with Crippen LogP contribution in [0, 0.1) is 6.92 Å². The summed E-state index contributed by atoms with van der Waals surface area (Å²) in [5.41, 5.74) is 13.5. The Hall–Kier alpha value is -3.38. The van der Waals surface area contributed by atoms with Gasteiger partial charge in [0.1, 0.15) is 0 Å². The summed E-state index contributed by atoms with van der Waals surface area (Å²) >= 11 is 0. The fourth-order valence-electron chi connectivity index (χ4n) is 5.01. The van der Waals surface area contributed by atoms with Crippen molar-refractivity contribution in [1.29, 1.82) is 0 Å². The van der Waals surface area contributed by atoms with Gasteiger partial charge in [0.25, 0.3) is 0 Å². The Morgan fingerprint density at radius 3 is 2.32 bits per heavy atom. The molecule has 0 aromatic heterocycles. The topological polar surface area (TPSA) is 0 Å². The second-order valence-corrected chi connectivity index (χ2v) is 8.79. The van der Waals surface area contributed by atoms with Crippen molar-refractivity contribution in [3.63, 3.8) is 0 Å². The number of rotatable bonds is 5. The van der Waals surface area contributed by atoms with Gasteiger partial charge in [-0.15, -0.1) is 0 Å². The van der Waals surface area contributed by atoms with Crippen LogP contribution in [0.5, 0.6) is 0 Å². The summed E-state index contributed by atoms with van der Waals surface area (Å²) in [7, 11) is 0. The summed E-state index contributed by atoms with van der Waals surface area (Å²) in [6.07, 6.45) is 6.51. The average Bonchev–Trinajstić information content (AvgIpc) is 3.40. The monoisotopic (exact) mass is 400 g/mol. The molecule has 3 aromatic rings. The molecule has 2 aliphatic rings. The standard InChI is InChI=1S/C31H28/c1-21-13-15-24(16-14-21)19-30-23(3)31(29-12-8-7-11-28(29)30)22(2)26-17-18-27(20-26)25-9-5-4-6-10-25/h4-18,30H,2,19-20H2,1,3H3. The number of benzene rings is 3. The Labute approximate surface area is 186 Å². The molecule has 0 bridgehead atoms. The molecule has 5 rings (SSSR count). The first-order valence-electron chi connectivity index (χ1n) is 11.1. The third-order valence-electron chi connectivity index (χ3n) is 6.78. The van der Waals surface area contributed by atoms with Crippen LogP contribution in [0.3, 0.4) is 0 Å². The zero-order valence-corrected chi connectivity index (χ0v) is 18.4. The number of allylic oxidation sites excluding steroid dienone is 7. The molecule has 0 heteroatoms. The quantitative estimate of drug-likeness (QED) is 0.406. The van der Waals surface area contributed by atoms with E-state index in [0.717, 1.165) is 12.8 Å². The predicted octanol–water partition coefficient (Wildman–Crippen LogP) is 8.08. The molecule has 0 saturated heterocycles. The second kappa shape index (κ2) is 8.04. The molecule has 31 heavy (non-hydrogen) atoms. The van der Waals surface area contributed by atoms with Gasteiger partial charge in [0.05, 0.1) is 0 Å². The van der Waals surface area contributed by atoms with Crippen LogP contribution in [0.15, 0.2) is 114 Å². The van der Waals surface area contributed by atoms with Crippen LogP contribution in [0.4, 0.5) is 0 Å². The van der Waals surface area contributed by atoms with Gasteiger partial charge in [0.2, 0.25) is 0 Å². The van der Waals surface area contributed by atoms with Crippen molar-refractivity contribution in [3.8, 4) is 0 Å². The smallest absolute Gasteiger partial charge is 0.0101 e. The Bertz CT molecular complexity index is 1230. The van der Waals surface area contributed by atoms with E-state index in [0.29, 0.717) is 5.92 Å². The van der Waals surface area contributed by atoms with Gasteiger partial charge < -0.3 is 0 Å². The Morgan fingerprint density at radius 1 is 0.839 bits per heavy atom. The molecule has 0 spiro atoms. The highest BCUT2D eigenvalue weighted by atomic mass is 14.3. The lowest BCUT2D eigenvalue weighted by molar-refractivity contribution is 0.803. The molecule has 0 heterocycles. The van der Waals surface area contributed by atoms with E-state index in [1.165, 1.54) is 55.7 Å². The Morgan fingerprint density at radius 2 is 1.55 bits per heavy atom. The van der Waals surface area contributed by atoms with E-state index in [4.69, 9.17) is 0 Å². The molecule has 0 radical (unpaired) electrons. The van der Waals surface area contributed by atoms with Gasteiger partial charge in [0, 0.05) is 5.92 Å². The van der Waals surface area contributed by atoms with Gasteiger partial charge in [-0.3, -0.25) is 0 Å². The van der Waals surface area contributed by atoms with Crippen LogP contribution in [-0.2, 0) is 6.42 Å². The third kappa shape index (κ3) is 3.64. The van der Waals surface area contributed by atoms with Crippen molar-refractivity contribution < 1.29 is 0 Å². The molecule has 0 fully saturated rings. The van der Waals surface area contributed by atoms with Gasteiger partial charge in [0.15, 0.2) is 0 Å². The van der Waals surface area contributed by atoms with Gasteiger partial charge >= 0.3 is 0 Å². The zero-order valence-electron chi connectivity index (χ0n) is 18.4. The van der Waals surface area contributed by atoms with Crippen LogP contribution in [0.25, 0.3) is 11.1 Å². The van der Waals surface area contributed by atoms with Crippen LogP contribution < -0.4 is 0 Å². The molecule has 1 unspecified atom stereocenters. The van der Waals surface area contributed by atoms with E-state index in [-0.39, 0.29) is 0 Å². The second-order valence-electron chi connectivity index (χ2n) is 8.79. The highest BCUT2D eigenvalue weighted by Crippen LogP contribution is 2.48. The largest absolute Gasteiger partial charge is 0.0908 e. The number of hydrogen-bond acceptors (Lipinski definition) is 0. The Kier molecular flexibility index (Phi) is 5.08. The fourth-order valence-corrected chi connectivity index (χ4v) is 5.01. The van der Waals surface area contributed by atoms with E-state index in [1.54, 1.807) is 0 Å². The molecular formula is C31H28. The maximum Gasteiger partial charge on any atom is 0.0101 e. The first kappa shape index (κ1) is 19.6. The summed E-state index contributed by atoms with van der Waals surface area (Å²) in [6, 6.07) is 28.6. The first-order chi connectivity index (χ1) is 15.1. The maximum atomic E-state index is 4.59. The van der Waals surface area contributed by atoms with Crippen molar-refractivity contribution in [1.82, 2.24) is 0 Å². The summed E-state index contributed by atoms with van der Waals surface area (Å²) in [6.45, 7) is 9.04. The van der Waals surface area contributed by atoms with Crippen LogP contribution >= 0.6 is 0 Å². The van der Waals surface area contributed by atoms with E-state index in [1.807, 2.05) is 0 Å². The third-order valence-corrected chi connectivity index (χ3v) is 6.78. The highest BCUT2D eigenvalue weighted by molar-refractivity contribution is 5.92. The van der Waals surface area contributed by atoms with Crippen molar-refractivity contribution in [2.24, 2.45) is 0 Å². The molecule has 0 nitrogen and oxygen atoms in total. The van der Waals surface area contributed by atoms with Crippen molar-refractivity contribution >= 4 is 11.1 Å². The highest BCUT2D eigenvalue weighted by Gasteiger charge is 2.31. The summed E-state index contributed by atoms with van der Waals surface area (Å²) in [5.74, 6) is 0.411. The molecule has 0 N–H and O–H groups in total. The Balaban J connectivity index is 1.44. The van der Waals surface area contributed by atoms with Gasteiger partial charge in [-0.05, 0) is 71.2 Å². The van der Waals surface area contributed by atoms with Crippen molar-refractivity contribution in [2.45, 2.75) is 32.6 Å². The first-order valence-corrected chi connectivity index (χ1v) is 11.1. The molecule has 152 valence electrons. The van der Waals surface area contributed by atoms with Crippen LogP contribution in [0.1, 0.15) is 47.1 Å². The SMILES string of the molecule is C=C(C1=CC=C(c2ccccc2)C1)C1=C(C)C(Cc2ccc(C)cc2)c2ccccc21. The zero-order chi connectivity index (χ0) is 21.4. The molecule has 2 aliphatic carbocycles. The number of fused-ring (bicyclic) bond motifs is 1. The predicted molar refractivity (Wildman–Crippen MR) is 133 cm³/mol. The lowest BCUT2D eigenvalue weighted by Gasteiger charge is -2.15.